The second kappa shape index (κ2) is 8.03. The van der Waals surface area contributed by atoms with Crippen molar-refractivity contribution in [3.63, 3.8) is 0 Å². The molecule has 2 aromatic rings. The monoisotopic (exact) mass is 355 g/mol. The zero-order valence-electron chi connectivity index (χ0n) is 15.2. The van der Waals surface area contributed by atoms with Crippen LogP contribution in [0.1, 0.15) is 37.0 Å². The zero-order valence-corrected chi connectivity index (χ0v) is 15.2. The van der Waals surface area contributed by atoms with Crippen LogP contribution in [0.25, 0.3) is 0 Å². The molecule has 0 saturated carbocycles. The summed E-state index contributed by atoms with van der Waals surface area (Å²) in [5.74, 6) is 1.57. The Morgan fingerprint density at radius 2 is 2.27 bits per heavy atom. The van der Waals surface area contributed by atoms with Gasteiger partial charge in [0.15, 0.2) is 11.6 Å². The summed E-state index contributed by atoms with van der Waals surface area (Å²) in [5.41, 5.74) is 8.05. The Bertz CT molecular complexity index is 780. The van der Waals surface area contributed by atoms with Crippen LogP contribution in [0, 0.1) is 5.92 Å². The Balaban J connectivity index is 1.81. The van der Waals surface area contributed by atoms with Gasteiger partial charge in [-0.15, -0.1) is 0 Å². The molecule has 138 valence electrons. The van der Waals surface area contributed by atoms with Gasteiger partial charge in [0.25, 0.3) is 0 Å². The molecule has 1 unspecified atom stereocenters. The quantitative estimate of drug-likeness (QED) is 0.795. The number of rotatable bonds is 5. The largest absolute Gasteiger partial charge is 0.462 e. The number of nitrogens with two attached hydrogens (primary N) is 1. The lowest BCUT2D eigenvalue weighted by atomic mass is 10.0. The molecule has 0 amide bonds. The fraction of sp³-hybridized carbons (Fsp3) is 0.421. The van der Waals surface area contributed by atoms with E-state index in [4.69, 9.17) is 10.5 Å². The van der Waals surface area contributed by atoms with Gasteiger partial charge in [0.05, 0.1) is 12.2 Å². The molecule has 1 aliphatic rings. The van der Waals surface area contributed by atoms with Crippen molar-refractivity contribution in [2.24, 2.45) is 5.92 Å². The molecule has 1 aromatic carbocycles. The Morgan fingerprint density at radius 3 is 3.04 bits per heavy atom. The second-order valence-electron chi connectivity index (χ2n) is 6.58. The summed E-state index contributed by atoms with van der Waals surface area (Å²) in [7, 11) is 0. The molecule has 0 aliphatic carbocycles. The number of ether oxygens (including phenoxy) is 1. The Kier molecular flexibility index (Phi) is 5.55. The van der Waals surface area contributed by atoms with Crippen molar-refractivity contribution in [3.8, 4) is 0 Å². The molecule has 1 aromatic heterocycles. The standard InChI is InChI=1S/C19H25N5O2/c1-3-26-19(25)14-7-4-8-15(10-14)23-17-16(20)18(22-12-21-17)24-9-5-6-13(2)11-24/h4,7-8,10,12-13H,3,5-6,9,11,20H2,1-2H3,(H,21,22,23). The van der Waals surface area contributed by atoms with E-state index in [1.54, 1.807) is 25.1 Å². The average Bonchev–Trinajstić information content (AvgIpc) is 2.64. The molecule has 2 heterocycles. The molecule has 1 fully saturated rings. The summed E-state index contributed by atoms with van der Waals surface area (Å²) in [6, 6.07) is 7.08. The number of piperidine rings is 1. The van der Waals surface area contributed by atoms with Crippen molar-refractivity contribution in [2.75, 3.05) is 35.6 Å². The van der Waals surface area contributed by atoms with Gasteiger partial charge in [-0.25, -0.2) is 14.8 Å². The number of nitrogens with one attached hydrogen (secondary N) is 1. The highest BCUT2D eigenvalue weighted by Gasteiger charge is 2.21. The maximum absolute atomic E-state index is 11.9. The molecule has 7 heteroatoms. The van der Waals surface area contributed by atoms with Gasteiger partial charge in [-0.2, -0.15) is 0 Å². The summed E-state index contributed by atoms with van der Waals surface area (Å²) in [4.78, 5) is 22.8. The van der Waals surface area contributed by atoms with Crippen LogP contribution in [-0.2, 0) is 4.74 Å². The van der Waals surface area contributed by atoms with Crippen LogP contribution < -0.4 is 16.0 Å². The molecule has 0 spiro atoms. The van der Waals surface area contributed by atoms with Crippen molar-refractivity contribution in [1.82, 2.24) is 9.97 Å². The number of aromatic nitrogens is 2. The third kappa shape index (κ3) is 4.04. The normalized spacial score (nSPS) is 17.0. The van der Waals surface area contributed by atoms with Crippen LogP contribution in [0.4, 0.5) is 23.0 Å². The van der Waals surface area contributed by atoms with Gasteiger partial charge >= 0.3 is 5.97 Å². The van der Waals surface area contributed by atoms with Crippen LogP contribution in [0.3, 0.4) is 0 Å². The van der Waals surface area contributed by atoms with E-state index in [9.17, 15) is 4.79 Å². The maximum Gasteiger partial charge on any atom is 0.338 e. The van der Waals surface area contributed by atoms with E-state index in [0.29, 0.717) is 29.6 Å². The summed E-state index contributed by atoms with van der Waals surface area (Å²) >= 11 is 0. The first-order valence-electron chi connectivity index (χ1n) is 8.98. The molecule has 1 atom stereocenters. The van der Waals surface area contributed by atoms with Gasteiger partial charge in [0, 0.05) is 18.8 Å². The number of hydrogen-bond acceptors (Lipinski definition) is 7. The van der Waals surface area contributed by atoms with Crippen molar-refractivity contribution in [2.45, 2.75) is 26.7 Å². The third-order valence-electron chi connectivity index (χ3n) is 4.46. The molecule has 1 saturated heterocycles. The van der Waals surface area contributed by atoms with E-state index in [1.165, 1.54) is 12.7 Å². The first-order chi connectivity index (χ1) is 12.6. The highest BCUT2D eigenvalue weighted by Crippen LogP contribution is 2.31. The molecule has 1 aliphatic heterocycles. The first-order valence-corrected chi connectivity index (χ1v) is 8.98. The van der Waals surface area contributed by atoms with Gasteiger partial charge < -0.3 is 20.7 Å². The van der Waals surface area contributed by atoms with Gasteiger partial charge in [-0.3, -0.25) is 0 Å². The molecule has 0 bridgehead atoms. The van der Waals surface area contributed by atoms with E-state index in [-0.39, 0.29) is 5.97 Å². The highest BCUT2D eigenvalue weighted by molar-refractivity contribution is 5.91. The summed E-state index contributed by atoms with van der Waals surface area (Å²) < 4.78 is 5.04. The fourth-order valence-corrected chi connectivity index (χ4v) is 3.19. The Morgan fingerprint density at radius 1 is 1.42 bits per heavy atom. The zero-order chi connectivity index (χ0) is 18.5. The first kappa shape index (κ1) is 18.0. The molecule has 3 rings (SSSR count). The SMILES string of the molecule is CCOC(=O)c1cccc(Nc2ncnc(N3CCCC(C)C3)c2N)c1. The van der Waals surface area contributed by atoms with Gasteiger partial charge in [-0.1, -0.05) is 13.0 Å². The van der Waals surface area contributed by atoms with Crippen molar-refractivity contribution < 1.29 is 9.53 Å². The number of carbonyl (C=O) groups excluding carboxylic acids is 1. The van der Waals surface area contributed by atoms with E-state index in [0.717, 1.165) is 31.0 Å². The topological polar surface area (TPSA) is 93.4 Å². The van der Waals surface area contributed by atoms with Gasteiger partial charge in [-0.05, 0) is 43.9 Å². The number of nitrogens with zero attached hydrogens (tertiary/aromatic N) is 3. The average molecular weight is 355 g/mol. The van der Waals surface area contributed by atoms with Crippen LogP contribution in [-0.4, -0.2) is 35.6 Å². The minimum atomic E-state index is -0.352. The van der Waals surface area contributed by atoms with Crippen LogP contribution in [0.5, 0.6) is 0 Å². The maximum atomic E-state index is 11.9. The van der Waals surface area contributed by atoms with Crippen LogP contribution in [0.2, 0.25) is 0 Å². The van der Waals surface area contributed by atoms with Crippen molar-refractivity contribution in [1.29, 1.82) is 0 Å². The number of anilines is 4. The Hall–Kier alpha value is -2.83. The fourth-order valence-electron chi connectivity index (χ4n) is 3.19. The molecule has 26 heavy (non-hydrogen) atoms. The number of esters is 1. The minimum absolute atomic E-state index is 0.340. The number of hydrogen-bond donors (Lipinski definition) is 2. The van der Waals surface area contributed by atoms with Crippen molar-refractivity contribution >= 4 is 29.0 Å². The second-order valence-corrected chi connectivity index (χ2v) is 6.58. The molecule has 3 N–H and O–H groups in total. The summed E-state index contributed by atoms with van der Waals surface area (Å²) in [6.07, 6.45) is 3.88. The molecular weight excluding hydrogens is 330 g/mol. The predicted octanol–water partition coefficient (Wildman–Crippen LogP) is 3.22. The smallest absolute Gasteiger partial charge is 0.338 e. The highest BCUT2D eigenvalue weighted by atomic mass is 16.5. The Labute approximate surface area is 153 Å². The lowest BCUT2D eigenvalue weighted by molar-refractivity contribution is 0.0526. The summed E-state index contributed by atoms with van der Waals surface area (Å²) in [5, 5.41) is 3.19. The van der Waals surface area contributed by atoms with Gasteiger partial charge in [0.2, 0.25) is 0 Å². The van der Waals surface area contributed by atoms with E-state index in [1.807, 2.05) is 6.07 Å². The van der Waals surface area contributed by atoms with Crippen molar-refractivity contribution in [3.05, 3.63) is 36.2 Å². The van der Waals surface area contributed by atoms with Crippen LogP contribution >= 0.6 is 0 Å². The van der Waals surface area contributed by atoms with E-state index < -0.39 is 0 Å². The number of carbonyl (C=O) groups is 1. The van der Waals surface area contributed by atoms with Crippen LogP contribution in [0.15, 0.2) is 30.6 Å². The predicted molar refractivity (Wildman–Crippen MR) is 103 cm³/mol. The molecule has 0 radical (unpaired) electrons. The van der Waals surface area contributed by atoms with E-state index in [2.05, 4.69) is 27.1 Å². The van der Waals surface area contributed by atoms with E-state index >= 15 is 0 Å². The number of nitrogen functional groups attached to an aromatic ring is 1. The summed E-state index contributed by atoms with van der Waals surface area (Å²) in [6.45, 7) is 6.25. The minimum Gasteiger partial charge on any atom is -0.462 e. The molecular formula is C19H25N5O2. The lowest BCUT2D eigenvalue weighted by Crippen LogP contribution is -2.35. The molecule has 7 nitrogen and oxygen atoms in total. The van der Waals surface area contributed by atoms with Gasteiger partial charge in [0.1, 0.15) is 12.0 Å². The third-order valence-corrected chi connectivity index (χ3v) is 4.46. The number of benzene rings is 1. The lowest BCUT2D eigenvalue weighted by Gasteiger charge is -2.32.